The summed E-state index contributed by atoms with van der Waals surface area (Å²) in [4.78, 5) is 0. The lowest BCUT2D eigenvalue weighted by Crippen LogP contribution is -2.49. The van der Waals surface area contributed by atoms with Gasteiger partial charge >= 0.3 is 0 Å². The molecule has 1 saturated heterocycles. The molecule has 0 spiro atoms. The lowest BCUT2D eigenvalue weighted by atomic mass is 9.64. The molecule has 1 aromatic carbocycles. The quantitative estimate of drug-likeness (QED) is 0.869. The minimum absolute atomic E-state index is 0.178. The summed E-state index contributed by atoms with van der Waals surface area (Å²) in [6, 6.07) is 6.17. The Kier molecular flexibility index (Phi) is 2.51. The van der Waals surface area contributed by atoms with E-state index < -0.39 is 0 Å². The molecule has 92 valence electrons. The van der Waals surface area contributed by atoms with Gasteiger partial charge in [0, 0.05) is 11.6 Å². The van der Waals surface area contributed by atoms with Crippen LogP contribution in [-0.4, -0.2) is 20.8 Å². The molecule has 1 heterocycles. The number of methoxy groups -OCH3 is 2. The summed E-state index contributed by atoms with van der Waals surface area (Å²) >= 11 is 0. The van der Waals surface area contributed by atoms with Crippen LogP contribution in [0.25, 0.3) is 0 Å². The van der Waals surface area contributed by atoms with E-state index in [2.05, 4.69) is 11.4 Å². The van der Waals surface area contributed by atoms with Gasteiger partial charge < -0.3 is 14.8 Å². The predicted octanol–water partition coefficient (Wildman–Crippen LogP) is 2.30. The van der Waals surface area contributed by atoms with E-state index in [1.54, 1.807) is 14.2 Å². The van der Waals surface area contributed by atoms with Crippen molar-refractivity contribution in [2.24, 2.45) is 5.92 Å². The van der Waals surface area contributed by atoms with Crippen LogP contribution in [0.15, 0.2) is 18.2 Å². The number of ether oxygens (including phenoxy) is 2. The molecule has 0 amide bonds. The lowest BCUT2D eigenvalue weighted by molar-refractivity contribution is 0.132. The van der Waals surface area contributed by atoms with E-state index in [4.69, 9.17) is 9.47 Å². The molecule has 2 aliphatic rings. The molecule has 3 nitrogen and oxygen atoms in total. The first-order valence-corrected chi connectivity index (χ1v) is 6.28. The van der Waals surface area contributed by atoms with Gasteiger partial charge in [-0.25, -0.2) is 0 Å². The van der Waals surface area contributed by atoms with Crippen LogP contribution < -0.4 is 14.8 Å². The average Bonchev–Trinajstić information content (AvgIpc) is 2.65. The monoisotopic (exact) mass is 233 g/mol. The molecule has 1 aromatic rings. The molecule has 1 N–H and O–H groups in total. The van der Waals surface area contributed by atoms with E-state index in [-0.39, 0.29) is 5.54 Å². The van der Waals surface area contributed by atoms with E-state index in [0.717, 1.165) is 24.0 Å². The van der Waals surface area contributed by atoms with Crippen molar-refractivity contribution < 1.29 is 9.47 Å². The number of benzene rings is 1. The van der Waals surface area contributed by atoms with Crippen molar-refractivity contribution in [1.29, 1.82) is 0 Å². The minimum atomic E-state index is 0.178. The molecule has 3 rings (SSSR count). The molecule has 0 radical (unpaired) electrons. The highest BCUT2D eigenvalue weighted by molar-refractivity contribution is 5.47. The zero-order chi connectivity index (χ0) is 11.9. The van der Waals surface area contributed by atoms with Gasteiger partial charge in [0.15, 0.2) is 0 Å². The lowest BCUT2D eigenvalue weighted by Gasteiger charge is -2.46. The van der Waals surface area contributed by atoms with Crippen LogP contribution in [0.5, 0.6) is 11.5 Å². The second-order valence-corrected chi connectivity index (χ2v) is 4.99. The Hall–Kier alpha value is -1.22. The van der Waals surface area contributed by atoms with E-state index in [9.17, 15) is 0 Å². The molecule has 0 unspecified atom stereocenters. The minimum Gasteiger partial charge on any atom is -0.497 e. The van der Waals surface area contributed by atoms with E-state index in [1.165, 1.54) is 24.8 Å². The van der Waals surface area contributed by atoms with Gasteiger partial charge in [-0.1, -0.05) is 0 Å². The van der Waals surface area contributed by atoms with Crippen molar-refractivity contribution in [3.63, 3.8) is 0 Å². The molecule has 1 saturated carbocycles. The van der Waals surface area contributed by atoms with Crippen LogP contribution >= 0.6 is 0 Å². The van der Waals surface area contributed by atoms with Crippen LogP contribution in [0, 0.1) is 5.92 Å². The Morgan fingerprint density at radius 1 is 1.24 bits per heavy atom. The number of rotatable bonds is 3. The Labute approximate surface area is 102 Å². The van der Waals surface area contributed by atoms with Crippen molar-refractivity contribution >= 4 is 0 Å². The van der Waals surface area contributed by atoms with Crippen LogP contribution in [-0.2, 0) is 5.54 Å². The van der Waals surface area contributed by atoms with Crippen molar-refractivity contribution in [2.45, 2.75) is 24.8 Å². The van der Waals surface area contributed by atoms with E-state index >= 15 is 0 Å². The highest BCUT2D eigenvalue weighted by atomic mass is 16.5. The van der Waals surface area contributed by atoms with Gasteiger partial charge in [0.2, 0.25) is 0 Å². The number of hydrogen-bond donors (Lipinski definition) is 1. The van der Waals surface area contributed by atoms with Crippen molar-refractivity contribution in [1.82, 2.24) is 5.32 Å². The third-order valence-corrected chi connectivity index (χ3v) is 4.41. The van der Waals surface area contributed by atoms with Gasteiger partial charge in [-0.2, -0.15) is 0 Å². The molecule has 3 heteroatoms. The number of fused-ring (bicyclic) bond motifs is 1. The highest BCUT2D eigenvalue weighted by Gasteiger charge is 2.52. The Balaban J connectivity index is 2.02. The van der Waals surface area contributed by atoms with Gasteiger partial charge in [0.25, 0.3) is 0 Å². The fourth-order valence-electron chi connectivity index (χ4n) is 3.35. The van der Waals surface area contributed by atoms with E-state index in [0.29, 0.717) is 0 Å². The van der Waals surface area contributed by atoms with Crippen LogP contribution in [0.4, 0.5) is 0 Å². The summed E-state index contributed by atoms with van der Waals surface area (Å²) in [6.07, 6.45) is 3.84. The molecular weight excluding hydrogens is 214 g/mol. The van der Waals surface area contributed by atoms with Crippen LogP contribution in [0.3, 0.4) is 0 Å². The Morgan fingerprint density at radius 2 is 2.12 bits per heavy atom. The van der Waals surface area contributed by atoms with Gasteiger partial charge in [0.1, 0.15) is 11.5 Å². The first kappa shape index (κ1) is 10.9. The number of hydrogen-bond acceptors (Lipinski definition) is 3. The zero-order valence-corrected chi connectivity index (χ0v) is 10.5. The topological polar surface area (TPSA) is 30.5 Å². The molecule has 0 bridgehead atoms. The summed E-state index contributed by atoms with van der Waals surface area (Å²) in [5, 5.41) is 3.68. The highest BCUT2D eigenvalue weighted by Crippen LogP contribution is 2.54. The van der Waals surface area contributed by atoms with Crippen molar-refractivity contribution in [2.75, 3.05) is 20.8 Å². The fourth-order valence-corrected chi connectivity index (χ4v) is 3.35. The van der Waals surface area contributed by atoms with Gasteiger partial charge in [-0.15, -0.1) is 0 Å². The maximum atomic E-state index is 5.53. The number of nitrogens with one attached hydrogen (secondary N) is 1. The first-order chi connectivity index (χ1) is 8.30. The van der Waals surface area contributed by atoms with Crippen molar-refractivity contribution in [3.05, 3.63) is 23.8 Å². The summed E-state index contributed by atoms with van der Waals surface area (Å²) in [5.74, 6) is 2.59. The molecule has 1 aliphatic heterocycles. The second-order valence-electron chi connectivity index (χ2n) is 4.99. The van der Waals surface area contributed by atoms with Gasteiger partial charge in [0.05, 0.1) is 19.8 Å². The standard InChI is InChI=1S/C14H19NO2/c1-16-11-3-4-12(13(9-11)17-2)14-7-5-10(14)6-8-15-14/h3-4,9-10,15H,5-8H2,1-2H3/t10-,14-/m0/s1. The third kappa shape index (κ3) is 1.45. The normalized spacial score (nSPS) is 30.6. The predicted molar refractivity (Wildman–Crippen MR) is 66.6 cm³/mol. The zero-order valence-electron chi connectivity index (χ0n) is 10.5. The molecular formula is C14H19NO2. The average molecular weight is 233 g/mol. The molecule has 17 heavy (non-hydrogen) atoms. The SMILES string of the molecule is COc1ccc([C@]23CC[C@H]2CCN3)c(OC)c1. The van der Waals surface area contributed by atoms with Crippen LogP contribution in [0.1, 0.15) is 24.8 Å². The summed E-state index contributed by atoms with van der Waals surface area (Å²) in [7, 11) is 3.42. The Bertz CT molecular complexity index is 432. The van der Waals surface area contributed by atoms with Gasteiger partial charge in [-0.05, 0) is 43.9 Å². The maximum Gasteiger partial charge on any atom is 0.127 e. The second kappa shape index (κ2) is 3.91. The molecule has 2 fully saturated rings. The van der Waals surface area contributed by atoms with E-state index in [1.807, 2.05) is 12.1 Å². The summed E-state index contributed by atoms with van der Waals surface area (Å²) < 4.78 is 10.8. The largest absolute Gasteiger partial charge is 0.497 e. The molecule has 2 atom stereocenters. The summed E-state index contributed by atoms with van der Waals surface area (Å²) in [6.45, 7) is 1.12. The Morgan fingerprint density at radius 3 is 2.71 bits per heavy atom. The van der Waals surface area contributed by atoms with Crippen molar-refractivity contribution in [3.8, 4) is 11.5 Å². The smallest absolute Gasteiger partial charge is 0.127 e. The van der Waals surface area contributed by atoms with Crippen LogP contribution in [0.2, 0.25) is 0 Å². The van der Waals surface area contributed by atoms with Gasteiger partial charge in [-0.3, -0.25) is 0 Å². The third-order valence-electron chi connectivity index (χ3n) is 4.41. The first-order valence-electron chi connectivity index (χ1n) is 6.28. The molecule has 1 aliphatic carbocycles. The summed E-state index contributed by atoms with van der Waals surface area (Å²) in [5.41, 5.74) is 1.48. The fraction of sp³-hybridized carbons (Fsp3) is 0.571. The molecule has 0 aromatic heterocycles. The maximum absolute atomic E-state index is 5.53.